The number of benzene rings is 1. The maximum Gasteiger partial charge on any atom is 0.273 e. The Morgan fingerprint density at radius 1 is 1.10 bits per heavy atom. The van der Waals surface area contributed by atoms with E-state index in [1.807, 2.05) is 38.1 Å². The fraction of sp³-hybridized carbons (Fsp3) is 0.238. The summed E-state index contributed by atoms with van der Waals surface area (Å²) in [7, 11) is 1.61. The molecule has 3 heterocycles. The average molecular weight is 413 g/mol. The molecule has 3 aromatic rings. The van der Waals surface area contributed by atoms with Crippen molar-refractivity contribution < 1.29 is 13.9 Å². The van der Waals surface area contributed by atoms with Crippen LogP contribution in [-0.4, -0.2) is 32.9 Å². The molecule has 0 bridgehead atoms. The molecule has 0 atom stereocenters. The highest BCUT2D eigenvalue weighted by Crippen LogP contribution is 2.40. The van der Waals surface area contributed by atoms with Gasteiger partial charge < -0.3 is 9.64 Å². The van der Waals surface area contributed by atoms with Crippen LogP contribution in [0.1, 0.15) is 35.5 Å². The van der Waals surface area contributed by atoms with Crippen LogP contribution in [0.4, 0.5) is 4.39 Å². The van der Waals surface area contributed by atoms with Gasteiger partial charge in [0.1, 0.15) is 17.1 Å². The number of amides is 1. The minimum Gasteiger partial charge on any atom is -0.497 e. The lowest BCUT2D eigenvalue weighted by Gasteiger charge is -2.32. The van der Waals surface area contributed by atoms with Gasteiger partial charge in [-0.25, -0.2) is 19.3 Å². The highest BCUT2D eigenvalue weighted by Gasteiger charge is 2.44. The van der Waals surface area contributed by atoms with Crippen molar-refractivity contribution in [1.29, 1.82) is 0 Å². The molecule has 0 radical (unpaired) electrons. The van der Waals surface area contributed by atoms with Crippen LogP contribution in [0.3, 0.4) is 0 Å². The summed E-state index contributed by atoms with van der Waals surface area (Å²) in [5.74, 6) is -0.120. The van der Waals surface area contributed by atoms with E-state index < -0.39 is 11.4 Å². The molecule has 0 unspecified atom stereocenters. The van der Waals surface area contributed by atoms with Gasteiger partial charge in [-0.05, 0) is 49.2 Å². The molecule has 0 spiro atoms. The number of halogens is 2. The zero-order valence-electron chi connectivity index (χ0n) is 16.1. The normalized spacial score (nSPS) is 14.8. The Balaban J connectivity index is 1.70. The minimum absolute atomic E-state index is 0.0352. The first kappa shape index (κ1) is 19.3. The maximum absolute atomic E-state index is 14.2. The van der Waals surface area contributed by atoms with E-state index in [9.17, 15) is 9.18 Å². The average Bonchev–Trinajstić information content (AvgIpc) is 2.90. The van der Waals surface area contributed by atoms with Crippen LogP contribution in [0.15, 0.2) is 42.6 Å². The zero-order chi connectivity index (χ0) is 20.8. The van der Waals surface area contributed by atoms with Crippen LogP contribution < -0.4 is 4.74 Å². The Morgan fingerprint density at radius 2 is 1.83 bits per heavy atom. The molecule has 148 valence electrons. The van der Waals surface area contributed by atoms with E-state index in [0.29, 0.717) is 6.54 Å². The second-order valence-electron chi connectivity index (χ2n) is 7.23. The van der Waals surface area contributed by atoms with Gasteiger partial charge in [-0.1, -0.05) is 18.2 Å². The van der Waals surface area contributed by atoms with Crippen molar-refractivity contribution >= 4 is 17.5 Å². The summed E-state index contributed by atoms with van der Waals surface area (Å²) in [4.78, 5) is 26.9. The van der Waals surface area contributed by atoms with Crippen LogP contribution in [0.5, 0.6) is 5.75 Å². The number of aromatic nitrogens is 3. The number of ether oxygens (including phenoxy) is 1. The summed E-state index contributed by atoms with van der Waals surface area (Å²) in [6.07, 6.45) is 0.987. The molecule has 1 aliphatic heterocycles. The first-order valence-corrected chi connectivity index (χ1v) is 9.34. The first-order valence-electron chi connectivity index (χ1n) is 8.96. The number of carbonyl (C=O) groups is 1. The molecule has 8 heteroatoms. The second kappa shape index (κ2) is 7.08. The molecule has 29 heavy (non-hydrogen) atoms. The molecule has 0 fully saturated rings. The van der Waals surface area contributed by atoms with Gasteiger partial charge in [-0.2, -0.15) is 0 Å². The Bertz CT molecular complexity index is 1100. The topological polar surface area (TPSA) is 68.2 Å². The molecule has 1 amide bonds. The highest BCUT2D eigenvalue weighted by molar-refractivity contribution is 6.28. The third-order valence-electron chi connectivity index (χ3n) is 5.13. The van der Waals surface area contributed by atoms with Crippen molar-refractivity contribution in [2.24, 2.45) is 0 Å². The number of pyridine rings is 1. The highest BCUT2D eigenvalue weighted by atomic mass is 35.5. The molecule has 6 nitrogen and oxygen atoms in total. The molecule has 4 rings (SSSR count). The van der Waals surface area contributed by atoms with Crippen LogP contribution in [-0.2, 0) is 12.1 Å². The van der Waals surface area contributed by atoms with Gasteiger partial charge in [0.15, 0.2) is 5.82 Å². The zero-order valence-corrected chi connectivity index (χ0v) is 16.9. The summed E-state index contributed by atoms with van der Waals surface area (Å²) in [5, 5.41) is -0.0866. The Kier molecular flexibility index (Phi) is 4.70. The van der Waals surface area contributed by atoms with Crippen LogP contribution >= 0.6 is 11.6 Å². The number of carbonyl (C=O) groups excluding carboxylic acids is 1. The maximum atomic E-state index is 14.2. The molecule has 1 aromatic carbocycles. The summed E-state index contributed by atoms with van der Waals surface area (Å²) in [6.45, 7) is 4.34. The van der Waals surface area contributed by atoms with E-state index in [2.05, 4.69) is 15.0 Å². The van der Waals surface area contributed by atoms with E-state index in [1.165, 1.54) is 0 Å². The van der Waals surface area contributed by atoms with Crippen LogP contribution in [0.25, 0.3) is 11.4 Å². The standard InChI is InChI=1S/C21H18ClFN4O2/c1-21(2)14-8-9-16(18-15(23)10-24-20(22)26-18)25-17(14)19(28)27(21)11-12-4-6-13(29-3)7-5-12/h4-10H,11H2,1-3H3. The smallest absolute Gasteiger partial charge is 0.273 e. The lowest BCUT2D eigenvalue weighted by Crippen LogP contribution is -2.38. The van der Waals surface area contributed by atoms with E-state index >= 15 is 0 Å². The fourth-order valence-corrected chi connectivity index (χ4v) is 3.62. The van der Waals surface area contributed by atoms with E-state index in [4.69, 9.17) is 16.3 Å². The molecule has 1 aliphatic rings. The monoisotopic (exact) mass is 412 g/mol. The molecule has 0 N–H and O–H groups in total. The molecular weight excluding hydrogens is 395 g/mol. The molecular formula is C21H18ClFN4O2. The number of methoxy groups -OCH3 is 1. The van der Waals surface area contributed by atoms with Crippen molar-refractivity contribution in [1.82, 2.24) is 19.9 Å². The van der Waals surface area contributed by atoms with Gasteiger partial charge in [0, 0.05) is 12.1 Å². The number of rotatable bonds is 4. The molecule has 0 saturated carbocycles. The predicted molar refractivity (Wildman–Crippen MR) is 106 cm³/mol. The van der Waals surface area contributed by atoms with Crippen molar-refractivity contribution in [3.63, 3.8) is 0 Å². The van der Waals surface area contributed by atoms with Gasteiger partial charge in [0.25, 0.3) is 5.91 Å². The van der Waals surface area contributed by atoms with Gasteiger partial charge >= 0.3 is 0 Å². The summed E-state index contributed by atoms with van der Waals surface area (Å²) < 4.78 is 19.3. The first-order chi connectivity index (χ1) is 13.8. The quantitative estimate of drug-likeness (QED) is 0.600. The molecule has 2 aromatic heterocycles. The summed E-state index contributed by atoms with van der Waals surface area (Å²) in [5.41, 5.74) is 1.66. The number of hydrogen-bond donors (Lipinski definition) is 0. The second-order valence-corrected chi connectivity index (χ2v) is 7.56. The lowest BCUT2D eigenvalue weighted by atomic mass is 9.95. The van der Waals surface area contributed by atoms with E-state index in [1.54, 1.807) is 24.1 Å². The summed E-state index contributed by atoms with van der Waals surface area (Å²) >= 11 is 5.79. The third kappa shape index (κ3) is 3.31. The van der Waals surface area contributed by atoms with Crippen molar-refractivity contribution in [2.45, 2.75) is 25.9 Å². The van der Waals surface area contributed by atoms with Crippen LogP contribution in [0.2, 0.25) is 5.28 Å². The van der Waals surface area contributed by atoms with Gasteiger partial charge in [-0.15, -0.1) is 0 Å². The minimum atomic E-state index is -0.651. The van der Waals surface area contributed by atoms with Crippen molar-refractivity contribution in [3.8, 4) is 17.1 Å². The van der Waals surface area contributed by atoms with Crippen molar-refractivity contribution in [3.05, 3.63) is 70.5 Å². The number of fused-ring (bicyclic) bond motifs is 1. The summed E-state index contributed by atoms with van der Waals surface area (Å²) in [6, 6.07) is 11.0. The Hall–Kier alpha value is -3.06. The molecule has 0 aliphatic carbocycles. The third-order valence-corrected chi connectivity index (χ3v) is 5.32. The SMILES string of the molecule is COc1ccc(CN2C(=O)c3nc(-c4nc(Cl)ncc4F)ccc3C2(C)C)cc1. The predicted octanol–water partition coefficient (Wildman–Crippen LogP) is 4.23. The molecule has 0 saturated heterocycles. The number of nitrogens with zero attached hydrogens (tertiary/aromatic N) is 4. The van der Waals surface area contributed by atoms with Gasteiger partial charge in [0.2, 0.25) is 5.28 Å². The Labute approximate surface area is 172 Å². The van der Waals surface area contributed by atoms with E-state index in [0.717, 1.165) is 23.1 Å². The largest absolute Gasteiger partial charge is 0.497 e. The lowest BCUT2D eigenvalue weighted by molar-refractivity contribution is 0.0592. The van der Waals surface area contributed by atoms with Crippen LogP contribution in [0, 0.1) is 5.82 Å². The van der Waals surface area contributed by atoms with E-state index in [-0.39, 0.29) is 28.3 Å². The van der Waals surface area contributed by atoms with Crippen molar-refractivity contribution in [2.75, 3.05) is 7.11 Å². The Morgan fingerprint density at radius 3 is 2.52 bits per heavy atom. The van der Waals surface area contributed by atoms with Gasteiger partial charge in [-0.3, -0.25) is 4.79 Å². The number of hydrogen-bond acceptors (Lipinski definition) is 5. The fourth-order valence-electron chi connectivity index (χ4n) is 3.48. The van der Waals surface area contributed by atoms with Gasteiger partial charge in [0.05, 0.1) is 24.5 Å².